The third-order valence-corrected chi connectivity index (χ3v) is 3.22. The summed E-state index contributed by atoms with van der Waals surface area (Å²) in [6.45, 7) is 3.48. The Morgan fingerprint density at radius 2 is 1.85 bits per heavy atom. The molecule has 0 unspecified atom stereocenters. The lowest BCUT2D eigenvalue weighted by atomic mass is 10.1. The van der Waals surface area contributed by atoms with Crippen LogP contribution in [0.15, 0.2) is 36.4 Å². The van der Waals surface area contributed by atoms with Crippen molar-refractivity contribution in [1.82, 2.24) is 14.4 Å². The first-order valence-corrected chi connectivity index (χ1v) is 6.23. The molecule has 0 aliphatic heterocycles. The molecule has 0 fully saturated rings. The number of hydrogen-bond donors (Lipinski definition) is 1. The quantitative estimate of drug-likeness (QED) is 0.775. The Hall–Kier alpha value is -2.69. The van der Waals surface area contributed by atoms with Crippen LogP contribution in [0, 0.1) is 13.8 Å². The Bertz CT molecular complexity index is 807. The first kappa shape index (κ1) is 12.3. The Balaban J connectivity index is 2.29. The lowest BCUT2D eigenvalue weighted by Crippen LogP contribution is -2.07. The van der Waals surface area contributed by atoms with E-state index in [0.29, 0.717) is 17.2 Å². The number of fused-ring (bicyclic) bond motifs is 1. The zero-order chi connectivity index (χ0) is 14.3. The largest absolute Gasteiger partial charge is 0.477 e. The summed E-state index contributed by atoms with van der Waals surface area (Å²) < 4.78 is 1.57. The lowest BCUT2D eigenvalue weighted by molar-refractivity contribution is 0.0688. The molecular weight excluding hydrogens is 254 g/mol. The van der Waals surface area contributed by atoms with Crippen molar-refractivity contribution in [2.24, 2.45) is 0 Å². The minimum Gasteiger partial charge on any atom is -0.477 e. The average molecular weight is 267 g/mol. The number of aromatic nitrogens is 3. The Labute approximate surface area is 115 Å². The summed E-state index contributed by atoms with van der Waals surface area (Å²) >= 11 is 0. The summed E-state index contributed by atoms with van der Waals surface area (Å²) in [6.07, 6.45) is 0. The number of benzene rings is 1. The first-order chi connectivity index (χ1) is 9.58. The van der Waals surface area contributed by atoms with E-state index in [1.54, 1.807) is 18.2 Å². The van der Waals surface area contributed by atoms with Crippen molar-refractivity contribution in [1.29, 1.82) is 0 Å². The third kappa shape index (κ3) is 1.84. The van der Waals surface area contributed by atoms with Crippen molar-refractivity contribution >= 4 is 11.6 Å². The SMILES string of the molecule is Cc1nc2cc(-c3ccccc3)nc(C)n2c1C(=O)O. The Kier molecular flexibility index (Phi) is 2.75. The molecule has 5 nitrogen and oxygen atoms in total. The number of carbonyl (C=O) groups is 1. The highest BCUT2D eigenvalue weighted by Crippen LogP contribution is 2.21. The topological polar surface area (TPSA) is 67.5 Å². The molecule has 100 valence electrons. The van der Waals surface area contributed by atoms with Crippen LogP contribution in [-0.4, -0.2) is 25.4 Å². The van der Waals surface area contributed by atoms with Crippen molar-refractivity contribution < 1.29 is 9.90 Å². The highest BCUT2D eigenvalue weighted by Gasteiger charge is 2.18. The van der Waals surface area contributed by atoms with Crippen molar-refractivity contribution in [3.05, 3.63) is 53.6 Å². The fourth-order valence-corrected chi connectivity index (χ4v) is 2.36. The van der Waals surface area contributed by atoms with Gasteiger partial charge in [0.2, 0.25) is 0 Å². The van der Waals surface area contributed by atoms with Gasteiger partial charge in [-0.15, -0.1) is 0 Å². The van der Waals surface area contributed by atoms with Gasteiger partial charge in [-0.3, -0.25) is 4.40 Å². The molecule has 2 aromatic heterocycles. The van der Waals surface area contributed by atoms with Gasteiger partial charge in [-0.1, -0.05) is 30.3 Å². The van der Waals surface area contributed by atoms with Gasteiger partial charge in [-0.25, -0.2) is 14.8 Å². The van der Waals surface area contributed by atoms with E-state index in [1.165, 1.54) is 0 Å². The summed E-state index contributed by atoms with van der Waals surface area (Å²) in [6, 6.07) is 11.6. The van der Waals surface area contributed by atoms with Gasteiger partial charge < -0.3 is 5.11 Å². The van der Waals surface area contributed by atoms with Crippen LogP contribution < -0.4 is 0 Å². The second-order valence-corrected chi connectivity index (χ2v) is 4.60. The molecule has 1 aromatic carbocycles. The van der Waals surface area contributed by atoms with Crippen LogP contribution in [0.3, 0.4) is 0 Å². The van der Waals surface area contributed by atoms with Gasteiger partial charge in [0.15, 0.2) is 5.69 Å². The van der Waals surface area contributed by atoms with E-state index in [4.69, 9.17) is 0 Å². The summed E-state index contributed by atoms with van der Waals surface area (Å²) in [4.78, 5) is 20.1. The molecule has 0 amide bonds. The third-order valence-electron chi connectivity index (χ3n) is 3.22. The summed E-state index contributed by atoms with van der Waals surface area (Å²) in [5.41, 5.74) is 3.04. The van der Waals surface area contributed by atoms with Gasteiger partial charge in [-0.2, -0.15) is 0 Å². The highest BCUT2D eigenvalue weighted by molar-refractivity contribution is 5.88. The van der Waals surface area contributed by atoms with Crippen LogP contribution in [0.2, 0.25) is 0 Å². The van der Waals surface area contributed by atoms with Gasteiger partial charge in [-0.05, 0) is 13.8 Å². The van der Waals surface area contributed by atoms with E-state index in [0.717, 1.165) is 11.3 Å². The molecule has 0 radical (unpaired) electrons. The van der Waals surface area contributed by atoms with Crippen LogP contribution in [0.1, 0.15) is 22.0 Å². The minimum atomic E-state index is -0.993. The summed E-state index contributed by atoms with van der Waals surface area (Å²) in [5.74, 6) is -0.383. The van der Waals surface area contributed by atoms with Gasteiger partial charge in [0.1, 0.15) is 11.5 Å². The Morgan fingerprint density at radius 1 is 1.15 bits per heavy atom. The standard InChI is InChI=1S/C15H13N3O2/c1-9-14(15(19)20)18-10(2)17-12(8-13(18)16-9)11-6-4-3-5-7-11/h3-8H,1-2H3,(H,19,20). The van der Waals surface area contributed by atoms with Crippen LogP contribution in [0.5, 0.6) is 0 Å². The molecule has 0 saturated heterocycles. The second kappa shape index (κ2) is 4.45. The molecule has 0 aliphatic rings. The zero-order valence-electron chi connectivity index (χ0n) is 11.2. The molecular formula is C15H13N3O2. The molecule has 5 heteroatoms. The maximum absolute atomic E-state index is 11.3. The van der Waals surface area contributed by atoms with E-state index in [1.807, 2.05) is 36.4 Å². The van der Waals surface area contributed by atoms with Crippen molar-refractivity contribution in [2.75, 3.05) is 0 Å². The number of imidazole rings is 1. The Morgan fingerprint density at radius 3 is 2.50 bits per heavy atom. The number of carboxylic acid groups (broad SMARTS) is 1. The second-order valence-electron chi connectivity index (χ2n) is 4.60. The predicted octanol–water partition coefficient (Wildman–Crippen LogP) is 2.71. The van der Waals surface area contributed by atoms with Crippen LogP contribution in [0.25, 0.3) is 16.9 Å². The molecule has 20 heavy (non-hydrogen) atoms. The minimum absolute atomic E-state index is 0.171. The number of aromatic carboxylic acids is 1. The fraction of sp³-hybridized carbons (Fsp3) is 0.133. The number of rotatable bonds is 2. The molecule has 0 saturated carbocycles. The smallest absolute Gasteiger partial charge is 0.354 e. The number of aryl methyl sites for hydroxylation is 2. The van der Waals surface area contributed by atoms with E-state index >= 15 is 0 Å². The monoisotopic (exact) mass is 267 g/mol. The average Bonchev–Trinajstić information content (AvgIpc) is 2.76. The highest BCUT2D eigenvalue weighted by atomic mass is 16.4. The normalized spacial score (nSPS) is 10.9. The molecule has 3 aromatic rings. The van der Waals surface area contributed by atoms with Gasteiger partial charge >= 0.3 is 5.97 Å². The van der Waals surface area contributed by atoms with E-state index in [9.17, 15) is 9.90 Å². The number of hydrogen-bond acceptors (Lipinski definition) is 3. The fourth-order valence-electron chi connectivity index (χ4n) is 2.36. The van der Waals surface area contributed by atoms with Gasteiger partial charge in [0, 0.05) is 11.6 Å². The molecule has 0 atom stereocenters. The summed E-state index contributed by atoms with van der Waals surface area (Å²) in [5, 5.41) is 9.27. The van der Waals surface area contributed by atoms with E-state index in [2.05, 4.69) is 9.97 Å². The maximum Gasteiger partial charge on any atom is 0.354 e. The van der Waals surface area contributed by atoms with E-state index in [-0.39, 0.29) is 5.69 Å². The van der Waals surface area contributed by atoms with Gasteiger partial charge in [0.25, 0.3) is 0 Å². The first-order valence-electron chi connectivity index (χ1n) is 6.23. The number of nitrogens with zero attached hydrogens (tertiary/aromatic N) is 3. The summed E-state index contributed by atoms with van der Waals surface area (Å²) in [7, 11) is 0. The molecule has 3 rings (SSSR count). The molecule has 0 bridgehead atoms. The predicted molar refractivity (Wildman–Crippen MR) is 74.9 cm³/mol. The van der Waals surface area contributed by atoms with Crippen LogP contribution in [-0.2, 0) is 0 Å². The van der Waals surface area contributed by atoms with Crippen LogP contribution in [0.4, 0.5) is 0 Å². The van der Waals surface area contributed by atoms with Gasteiger partial charge in [0.05, 0.1) is 11.4 Å². The number of carboxylic acids is 1. The van der Waals surface area contributed by atoms with Crippen molar-refractivity contribution in [3.63, 3.8) is 0 Å². The molecule has 1 N–H and O–H groups in total. The van der Waals surface area contributed by atoms with Crippen LogP contribution >= 0.6 is 0 Å². The lowest BCUT2D eigenvalue weighted by Gasteiger charge is -2.06. The zero-order valence-corrected chi connectivity index (χ0v) is 11.2. The molecule has 2 heterocycles. The van der Waals surface area contributed by atoms with Crippen molar-refractivity contribution in [3.8, 4) is 11.3 Å². The van der Waals surface area contributed by atoms with Crippen molar-refractivity contribution in [2.45, 2.75) is 13.8 Å². The molecule has 0 aliphatic carbocycles. The maximum atomic E-state index is 11.3. The van der Waals surface area contributed by atoms with E-state index < -0.39 is 5.97 Å². The molecule has 0 spiro atoms.